The Labute approximate surface area is 242 Å². The molecule has 2 heterocycles. The molecule has 3 atom stereocenters. The maximum absolute atomic E-state index is 11.6. The lowest BCUT2D eigenvalue weighted by molar-refractivity contribution is -0.918. The number of nitrogens with two attached hydrogens (primary N) is 1. The molecule has 0 spiro atoms. The largest absolute Gasteiger partial charge is 0.542 e. The number of fused-ring (bicyclic) bond motifs is 1. The highest BCUT2D eigenvalue weighted by Crippen LogP contribution is 2.19. The number of likely N-dealkylation sites (tertiary alicyclic amines) is 1. The Kier molecular flexibility index (Phi) is 12.1. The van der Waals surface area contributed by atoms with E-state index in [0.29, 0.717) is 11.1 Å². The first-order chi connectivity index (χ1) is 19.9. The number of amides is 1. The Bertz CT molecular complexity index is 1370. The van der Waals surface area contributed by atoms with Crippen molar-refractivity contribution in [2.24, 2.45) is 11.7 Å². The lowest BCUT2D eigenvalue weighted by Crippen LogP contribution is -3.13. The molecule has 0 bridgehead atoms. The molecule has 0 saturated carbocycles. The van der Waals surface area contributed by atoms with Crippen molar-refractivity contribution in [3.05, 3.63) is 59.8 Å². The molecule has 1 aromatic heterocycles. The molecule has 1 fully saturated rings. The highest BCUT2D eigenvalue weighted by atomic mass is 19.4. The molecule has 1 amide bonds. The van der Waals surface area contributed by atoms with E-state index in [2.05, 4.69) is 43.5 Å². The molecule has 3 aromatic rings. The fourth-order valence-electron chi connectivity index (χ4n) is 4.62. The first-order valence-electron chi connectivity index (χ1n) is 12.9. The molecule has 4 N–H and O–H groups in total. The van der Waals surface area contributed by atoms with Gasteiger partial charge >= 0.3 is 12.4 Å². The minimum atomic E-state index is -5.19. The topological polar surface area (TPSA) is 150 Å². The van der Waals surface area contributed by atoms with Crippen LogP contribution in [-0.4, -0.2) is 73.7 Å². The van der Waals surface area contributed by atoms with Crippen molar-refractivity contribution in [1.29, 1.82) is 0 Å². The molecule has 4 rings (SSSR count). The molecular formula is C27H31F6N5O5. The third kappa shape index (κ3) is 11.2. The van der Waals surface area contributed by atoms with Gasteiger partial charge in [-0.2, -0.15) is 31.4 Å². The number of quaternary nitrogens is 2. The summed E-state index contributed by atoms with van der Waals surface area (Å²) in [4.78, 5) is 32.4. The van der Waals surface area contributed by atoms with Crippen LogP contribution < -0.4 is 25.7 Å². The number of piperidine rings is 1. The van der Waals surface area contributed by atoms with Crippen LogP contribution in [0, 0.1) is 5.92 Å². The van der Waals surface area contributed by atoms with Crippen molar-refractivity contribution >= 4 is 28.7 Å². The number of carboxylic acid groups (broad SMARTS) is 2. The number of aliphatic carboxylic acids is 2. The number of hydrogen-bond acceptors (Lipinski definition) is 6. The van der Waals surface area contributed by atoms with Gasteiger partial charge in [-0.05, 0) is 31.0 Å². The van der Waals surface area contributed by atoms with Gasteiger partial charge in [0.05, 0.1) is 50.9 Å². The number of carbonyl (C=O) groups is 3. The number of nitrogens with zero attached hydrogens (tertiary/aromatic N) is 2. The Morgan fingerprint density at radius 3 is 2.07 bits per heavy atom. The number of halogens is 6. The summed E-state index contributed by atoms with van der Waals surface area (Å²) in [7, 11) is 4.61. The third-order valence-electron chi connectivity index (χ3n) is 6.46. The van der Waals surface area contributed by atoms with Gasteiger partial charge in [0.2, 0.25) is 0 Å². The number of aromatic nitrogens is 2. The van der Waals surface area contributed by atoms with E-state index in [1.54, 1.807) is 15.9 Å². The van der Waals surface area contributed by atoms with Gasteiger partial charge in [0.1, 0.15) is 24.0 Å². The second-order valence-electron chi connectivity index (χ2n) is 10.2. The number of nitrogens with one attached hydrogen (secondary N) is 2. The summed E-state index contributed by atoms with van der Waals surface area (Å²) in [6.07, 6.45) is -5.72. The lowest BCUT2D eigenvalue weighted by atomic mass is 9.98. The lowest BCUT2D eigenvalue weighted by Gasteiger charge is -2.28. The molecule has 43 heavy (non-hydrogen) atoms. The van der Waals surface area contributed by atoms with Crippen LogP contribution >= 0.6 is 0 Å². The maximum atomic E-state index is 11.6. The SMILES string of the molecule is C[NH+]1CCCC(C[NH+](C)Cc2ccc(-n3cc4cccc(C(N)=O)c4n3)cc2)C1.O=C([O-])C(F)(F)F.O=C([O-])C(F)(F)F. The average Bonchev–Trinajstić information content (AvgIpc) is 3.33. The zero-order chi connectivity index (χ0) is 32.5. The van der Waals surface area contributed by atoms with Crippen LogP contribution in [0.15, 0.2) is 48.7 Å². The Morgan fingerprint density at radius 2 is 1.58 bits per heavy atom. The summed E-state index contributed by atoms with van der Waals surface area (Å²) < 4.78 is 64.9. The van der Waals surface area contributed by atoms with Gasteiger partial charge in [-0.15, -0.1) is 0 Å². The molecule has 16 heteroatoms. The van der Waals surface area contributed by atoms with Crippen LogP contribution in [0.3, 0.4) is 0 Å². The normalized spacial score (nSPS) is 17.6. The monoisotopic (exact) mass is 619 g/mol. The zero-order valence-corrected chi connectivity index (χ0v) is 23.2. The number of primary amides is 1. The van der Waals surface area contributed by atoms with Crippen molar-refractivity contribution in [3.8, 4) is 5.69 Å². The molecule has 236 valence electrons. The van der Waals surface area contributed by atoms with E-state index in [0.717, 1.165) is 23.5 Å². The fraction of sp³-hybridized carbons (Fsp3) is 0.407. The summed E-state index contributed by atoms with van der Waals surface area (Å²) in [5.74, 6) is -5.63. The minimum absolute atomic E-state index is 0.451. The van der Waals surface area contributed by atoms with Gasteiger partial charge in [0, 0.05) is 17.1 Å². The van der Waals surface area contributed by atoms with E-state index in [9.17, 15) is 31.1 Å². The van der Waals surface area contributed by atoms with E-state index in [1.807, 2.05) is 23.0 Å². The second kappa shape index (κ2) is 14.8. The maximum Gasteiger partial charge on any atom is 0.430 e. The van der Waals surface area contributed by atoms with Crippen LogP contribution in [0.1, 0.15) is 28.8 Å². The highest BCUT2D eigenvalue weighted by molar-refractivity contribution is 6.04. The molecule has 0 aliphatic carbocycles. The van der Waals surface area contributed by atoms with Crippen molar-refractivity contribution < 1.29 is 60.7 Å². The number of alkyl halides is 6. The van der Waals surface area contributed by atoms with Gasteiger partial charge in [-0.1, -0.05) is 24.3 Å². The fourth-order valence-corrected chi connectivity index (χ4v) is 4.62. The molecule has 0 radical (unpaired) electrons. The molecule has 2 aromatic carbocycles. The number of hydrogen-bond donors (Lipinski definition) is 3. The first-order valence-corrected chi connectivity index (χ1v) is 12.9. The summed E-state index contributed by atoms with van der Waals surface area (Å²) >= 11 is 0. The van der Waals surface area contributed by atoms with Crippen LogP contribution in [0.2, 0.25) is 0 Å². The number of carbonyl (C=O) groups excluding carboxylic acids is 3. The number of benzene rings is 2. The summed E-state index contributed by atoms with van der Waals surface area (Å²) in [5, 5.41) is 23.1. The van der Waals surface area contributed by atoms with Crippen molar-refractivity contribution in [3.63, 3.8) is 0 Å². The van der Waals surface area contributed by atoms with E-state index in [1.165, 1.54) is 38.0 Å². The van der Waals surface area contributed by atoms with Gasteiger partial charge in [0.25, 0.3) is 5.91 Å². The van der Waals surface area contributed by atoms with Crippen LogP contribution in [0.25, 0.3) is 16.6 Å². The zero-order valence-electron chi connectivity index (χ0n) is 23.2. The van der Waals surface area contributed by atoms with Crippen molar-refractivity contribution in [2.75, 3.05) is 33.7 Å². The quantitative estimate of drug-likeness (QED) is 0.291. The second-order valence-corrected chi connectivity index (χ2v) is 10.2. The van der Waals surface area contributed by atoms with E-state index >= 15 is 0 Å². The van der Waals surface area contributed by atoms with E-state index in [4.69, 9.17) is 25.5 Å². The Hall–Kier alpha value is -4.18. The Balaban J connectivity index is 0.000000384. The van der Waals surface area contributed by atoms with Crippen molar-refractivity contribution in [1.82, 2.24) is 9.78 Å². The molecule has 1 aliphatic rings. The predicted molar refractivity (Wildman–Crippen MR) is 137 cm³/mol. The van der Waals surface area contributed by atoms with Gasteiger partial charge in [-0.3, -0.25) is 4.79 Å². The molecule has 1 saturated heterocycles. The molecule has 3 unspecified atom stereocenters. The number of carboxylic acids is 2. The van der Waals surface area contributed by atoms with Gasteiger partial charge in [-0.25, -0.2) is 4.68 Å². The van der Waals surface area contributed by atoms with Gasteiger partial charge in [0.15, 0.2) is 0 Å². The molecular weight excluding hydrogens is 588 g/mol. The molecule has 10 nitrogen and oxygen atoms in total. The van der Waals surface area contributed by atoms with Crippen LogP contribution in [0.5, 0.6) is 0 Å². The minimum Gasteiger partial charge on any atom is -0.542 e. The number of rotatable bonds is 6. The van der Waals surface area contributed by atoms with Gasteiger partial charge < -0.3 is 35.3 Å². The van der Waals surface area contributed by atoms with Crippen molar-refractivity contribution in [2.45, 2.75) is 31.7 Å². The van der Waals surface area contributed by atoms with E-state index < -0.39 is 30.2 Å². The third-order valence-corrected chi connectivity index (χ3v) is 6.46. The Morgan fingerprint density at radius 1 is 1.02 bits per heavy atom. The average molecular weight is 620 g/mol. The smallest absolute Gasteiger partial charge is 0.430 e. The van der Waals surface area contributed by atoms with E-state index in [-0.39, 0.29) is 0 Å². The summed E-state index contributed by atoms with van der Waals surface area (Å²) in [6, 6.07) is 14.0. The summed E-state index contributed by atoms with van der Waals surface area (Å²) in [6.45, 7) is 4.89. The molecule has 1 aliphatic heterocycles. The van der Waals surface area contributed by atoms with Crippen LogP contribution in [0.4, 0.5) is 26.3 Å². The first kappa shape index (κ1) is 35.0. The highest BCUT2D eigenvalue weighted by Gasteiger charge is 2.29. The predicted octanol–water partition coefficient (Wildman–Crippen LogP) is -1.34. The summed E-state index contributed by atoms with van der Waals surface area (Å²) in [5.41, 5.74) is 8.89. The van der Waals surface area contributed by atoms with Crippen LogP contribution in [-0.2, 0) is 16.1 Å². The standard InChI is InChI=1S/C23H29N5O.2C2HF3O2/c1-26-12-4-5-18(14-26)15-27(2)13-17-8-10-20(11-9-17)28-16-19-6-3-7-21(23(24)29)22(19)25-28;2*3-2(4,5)1(6)7/h3,6-11,16,18H,4-5,12-15H2,1-2H3,(H2,24,29);2*(H,6,7).